The smallest absolute Gasteiger partial charge is 0.317 e. The molecule has 26 heavy (non-hydrogen) atoms. The van der Waals surface area contributed by atoms with Gasteiger partial charge in [-0.2, -0.15) is 0 Å². The molecule has 1 aliphatic carbocycles. The number of rotatable bonds is 6. The SMILES string of the molecule is O=C(COC(=O)C1(c2cccc(F)c2)CCCC1)NCc1ccccc1. The predicted molar refractivity (Wildman–Crippen MR) is 95.8 cm³/mol. The molecule has 1 fully saturated rings. The molecule has 4 nitrogen and oxygen atoms in total. The van der Waals surface area contributed by atoms with Gasteiger partial charge in [-0.15, -0.1) is 0 Å². The van der Waals surface area contributed by atoms with E-state index in [0.717, 1.165) is 18.4 Å². The van der Waals surface area contributed by atoms with Gasteiger partial charge in [0.1, 0.15) is 5.82 Å². The number of halogens is 1. The van der Waals surface area contributed by atoms with Gasteiger partial charge in [0.2, 0.25) is 0 Å². The number of amides is 1. The quantitative estimate of drug-likeness (QED) is 0.807. The molecule has 0 saturated heterocycles. The number of esters is 1. The maximum absolute atomic E-state index is 13.6. The molecular formula is C21H22FNO3. The molecule has 0 aromatic heterocycles. The summed E-state index contributed by atoms with van der Waals surface area (Å²) in [5.74, 6) is -1.17. The summed E-state index contributed by atoms with van der Waals surface area (Å²) < 4.78 is 18.9. The molecule has 3 rings (SSSR count). The first kappa shape index (κ1) is 18.1. The normalized spacial score (nSPS) is 15.4. The monoisotopic (exact) mass is 355 g/mol. The fraction of sp³-hybridized carbons (Fsp3) is 0.333. The van der Waals surface area contributed by atoms with E-state index in [4.69, 9.17) is 4.74 Å². The molecule has 0 aliphatic heterocycles. The third kappa shape index (κ3) is 4.10. The van der Waals surface area contributed by atoms with E-state index in [2.05, 4.69) is 5.32 Å². The van der Waals surface area contributed by atoms with Crippen LogP contribution in [0.4, 0.5) is 4.39 Å². The Morgan fingerprint density at radius 1 is 1.04 bits per heavy atom. The molecular weight excluding hydrogens is 333 g/mol. The van der Waals surface area contributed by atoms with Crippen LogP contribution in [0.1, 0.15) is 36.8 Å². The van der Waals surface area contributed by atoms with E-state index in [1.54, 1.807) is 12.1 Å². The van der Waals surface area contributed by atoms with Crippen molar-refractivity contribution in [3.05, 3.63) is 71.5 Å². The average molecular weight is 355 g/mol. The number of carbonyl (C=O) groups is 2. The van der Waals surface area contributed by atoms with Gasteiger partial charge in [0.05, 0.1) is 5.41 Å². The lowest BCUT2D eigenvalue weighted by atomic mass is 9.79. The summed E-state index contributed by atoms with van der Waals surface area (Å²) in [6, 6.07) is 15.6. The highest BCUT2D eigenvalue weighted by Gasteiger charge is 2.44. The van der Waals surface area contributed by atoms with Crippen LogP contribution in [-0.2, 0) is 26.3 Å². The Morgan fingerprint density at radius 2 is 1.77 bits per heavy atom. The van der Waals surface area contributed by atoms with E-state index in [9.17, 15) is 14.0 Å². The summed E-state index contributed by atoms with van der Waals surface area (Å²) in [5, 5.41) is 2.73. The van der Waals surface area contributed by atoms with Crippen molar-refractivity contribution < 1.29 is 18.7 Å². The molecule has 136 valence electrons. The maximum Gasteiger partial charge on any atom is 0.317 e. The minimum atomic E-state index is -0.845. The molecule has 5 heteroatoms. The van der Waals surface area contributed by atoms with Crippen LogP contribution in [0.25, 0.3) is 0 Å². The van der Waals surface area contributed by atoms with Crippen molar-refractivity contribution in [3.63, 3.8) is 0 Å². The van der Waals surface area contributed by atoms with E-state index >= 15 is 0 Å². The summed E-state index contributed by atoms with van der Waals surface area (Å²) >= 11 is 0. The van der Waals surface area contributed by atoms with Gasteiger partial charge in [-0.3, -0.25) is 9.59 Å². The van der Waals surface area contributed by atoms with Crippen LogP contribution in [0, 0.1) is 5.82 Å². The van der Waals surface area contributed by atoms with Gasteiger partial charge in [-0.05, 0) is 36.1 Å². The highest BCUT2D eigenvalue weighted by molar-refractivity contribution is 5.86. The average Bonchev–Trinajstić information content (AvgIpc) is 3.16. The molecule has 0 unspecified atom stereocenters. The molecule has 1 N–H and O–H groups in total. The first-order valence-corrected chi connectivity index (χ1v) is 8.84. The summed E-state index contributed by atoms with van der Waals surface area (Å²) in [5.41, 5.74) is 0.755. The van der Waals surface area contributed by atoms with E-state index in [1.807, 2.05) is 30.3 Å². The van der Waals surface area contributed by atoms with Crippen LogP contribution in [-0.4, -0.2) is 18.5 Å². The second kappa shape index (κ2) is 8.13. The first-order valence-electron chi connectivity index (χ1n) is 8.84. The zero-order valence-corrected chi connectivity index (χ0v) is 14.5. The predicted octanol–water partition coefficient (Wildman–Crippen LogP) is 3.50. The number of ether oxygens (including phenoxy) is 1. The molecule has 0 atom stereocenters. The van der Waals surface area contributed by atoms with Gasteiger partial charge in [-0.25, -0.2) is 4.39 Å². The summed E-state index contributed by atoms with van der Waals surface area (Å²) in [7, 11) is 0. The van der Waals surface area contributed by atoms with Gasteiger partial charge in [0.25, 0.3) is 5.91 Å². The third-order valence-electron chi connectivity index (χ3n) is 4.89. The minimum Gasteiger partial charge on any atom is -0.455 e. The van der Waals surface area contributed by atoms with E-state index in [0.29, 0.717) is 24.9 Å². The Balaban J connectivity index is 1.59. The van der Waals surface area contributed by atoms with Crippen LogP contribution >= 0.6 is 0 Å². The van der Waals surface area contributed by atoms with Gasteiger partial charge in [0, 0.05) is 6.54 Å². The van der Waals surface area contributed by atoms with Crippen LogP contribution in [0.3, 0.4) is 0 Å². The van der Waals surface area contributed by atoms with E-state index in [-0.39, 0.29) is 18.3 Å². The van der Waals surface area contributed by atoms with E-state index < -0.39 is 11.4 Å². The largest absolute Gasteiger partial charge is 0.455 e. The Labute approximate surface area is 152 Å². The zero-order valence-electron chi connectivity index (χ0n) is 14.5. The Bertz CT molecular complexity index is 770. The highest BCUT2D eigenvalue weighted by atomic mass is 19.1. The van der Waals surface area contributed by atoms with Crippen molar-refractivity contribution in [3.8, 4) is 0 Å². The first-order chi connectivity index (χ1) is 12.6. The molecule has 1 aliphatic rings. The van der Waals surface area contributed by atoms with Crippen LogP contribution in [0.2, 0.25) is 0 Å². The van der Waals surface area contributed by atoms with Crippen molar-refractivity contribution in [2.45, 2.75) is 37.6 Å². The third-order valence-corrected chi connectivity index (χ3v) is 4.89. The lowest BCUT2D eigenvalue weighted by Crippen LogP contribution is -2.37. The van der Waals surface area contributed by atoms with Crippen molar-refractivity contribution in [2.75, 3.05) is 6.61 Å². The van der Waals surface area contributed by atoms with Crippen molar-refractivity contribution >= 4 is 11.9 Å². The fourth-order valence-electron chi connectivity index (χ4n) is 3.49. The minimum absolute atomic E-state index is 0.331. The van der Waals surface area contributed by atoms with E-state index in [1.165, 1.54) is 12.1 Å². The second-order valence-electron chi connectivity index (χ2n) is 6.64. The summed E-state index contributed by atoms with van der Waals surface area (Å²) in [6.45, 7) is 0.0506. The number of benzene rings is 2. The fourth-order valence-corrected chi connectivity index (χ4v) is 3.49. The van der Waals surface area contributed by atoms with Crippen LogP contribution in [0.5, 0.6) is 0 Å². The highest BCUT2D eigenvalue weighted by Crippen LogP contribution is 2.42. The zero-order chi connectivity index (χ0) is 18.4. The molecule has 0 bridgehead atoms. The second-order valence-corrected chi connectivity index (χ2v) is 6.64. The number of carbonyl (C=O) groups excluding carboxylic acids is 2. The molecule has 2 aromatic carbocycles. The van der Waals surface area contributed by atoms with Crippen LogP contribution in [0.15, 0.2) is 54.6 Å². The standard InChI is InChI=1S/C21H22FNO3/c22-18-10-6-9-17(13-18)21(11-4-5-12-21)20(25)26-15-19(24)23-14-16-7-2-1-3-8-16/h1-3,6-10,13H,4-5,11-12,14-15H2,(H,23,24). The van der Waals surface area contributed by atoms with Gasteiger partial charge in [0.15, 0.2) is 6.61 Å². The molecule has 0 heterocycles. The van der Waals surface area contributed by atoms with Gasteiger partial charge < -0.3 is 10.1 Å². The van der Waals surface area contributed by atoms with Crippen molar-refractivity contribution in [1.29, 1.82) is 0 Å². The maximum atomic E-state index is 13.6. The Kier molecular flexibility index (Phi) is 5.66. The topological polar surface area (TPSA) is 55.4 Å². The lowest BCUT2D eigenvalue weighted by molar-refractivity contribution is -0.154. The lowest BCUT2D eigenvalue weighted by Gasteiger charge is -2.27. The molecule has 0 spiro atoms. The molecule has 0 radical (unpaired) electrons. The Morgan fingerprint density at radius 3 is 2.46 bits per heavy atom. The van der Waals surface area contributed by atoms with Crippen LogP contribution < -0.4 is 5.32 Å². The number of hydrogen-bond donors (Lipinski definition) is 1. The summed E-state index contributed by atoms with van der Waals surface area (Å²) in [6.07, 6.45) is 2.99. The Hall–Kier alpha value is -2.69. The number of hydrogen-bond acceptors (Lipinski definition) is 3. The van der Waals surface area contributed by atoms with Crippen molar-refractivity contribution in [1.82, 2.24) is 5.32 Å². The molecule has 2 aromatic rings. The summed E-state index contributed by atoms with van der Waals surface area (Å²) in [4.78, 5) is 24.7. The number of nitrogens with one attached hydrogen (secondary N) is 1. The molecule has 1 saturated carbocycles. The van der Waals surface area contributed by atoms with Gasteiger partial charge >= 0.3 is 5.97 Å². The van der Waals surface area contributed by atoms with Gasteiger partial charge in [-0.1, -0.05) is 55.3 Å². The molecule has 1 amide bonds. The van der Waals surface area contributed by atoms with Crippen molar-refractivity contribution in [2.24, 2.45) is 0 Å².